The molecule has 0 atom stereocenters. The number of phenolic OH excluding ortho intramolecular Hbond substituents is 1. The van der Waals surface area contributed by atoms with Crippen LogP contribution in [0.2, 0.25) is 5.15 Å². The third-order valence-corrected chi connectivity index (χ3v) is 2.81. The minimum atomic E-state index is -0.934. The van der Waals surface area contributed by atoms with Crippen LogP contribution in [0, 0.1) is 15.9 Å². The Hall–Kier alpha value is -2.74. The van der Waals surface area contributed by atoms with Crippen molar-refractivity contribution in [3.8, 4) is 5.75 Å². The number of nitrogens with zero attached hydrogens (tertiary/aromatic N) is 2. The first kappa shape index (κ1) is 14.7. The van der Waals surface area contributed by atoms with Gasteiger partial charge < -0.3 is 10.4 Å². The van der Waals surface area contributed by atoms with Crippen molar-refractivity contribution in [3.05, 3.63) is 57.1 Å². The third-order valence-electron chi connectivity index (χ3n) is 2.51. The Balaban J connectivity index is 2.41. The molecule has 0 aliphatic carbocycles. The highest BCUT2D eigenvalue weighted by Crippen LogP contribution is 2.33. The summed E-state index contributed by atoms with van der Waals surface area (Å²) in [7, 11) is 0. The van der Waals surface area contributed by atoms with Crippen molar-refractivity contribution in [2.45, 2.75) is 0 Å². The number of pyridine rings is 1. The van der Waals surface area contributed by atoms with Crippen LogP contribution in [0.5, 0.6) is 5.75 Å². The zero-order valence-electron chi connectivity index (χ0n) is 10.2. The molecule has 0 fully saturated rings. The average Bonchev–Trinajstić information content (AvgIpc) is 2.43. The smallest absolute Gasteiger partial charge is 0.296 e. The van der Waals surface area contributed by atoms with Crippen molar-refractivity contribution < 1.29 is 19.2 Å². The second-order valence-electron chi connectivity index (χ2n) is 3.87. The SMILES string of the molecule is O=C(Nc1c(O)cccc1[N+](=O)[O-])c1cc(F)cnc1Cl. The summed E-state index contributed by atoms with van der Waals surface area (Å²) in [6.07, 6.45) is 0.821. The van der Waals surface area contributed by atoms with Gasteiger partial charge in [-0.1, -0.05) is 17.7 Å². The summed E-state index contributed by atoms with van der Waals surface area (Å²) >= 11 is 5.66. The number of amides is 1. The quantitative estimate of drug-likeness (QED) is 0.392. The lowest BCUT2D eigenvalue weighted by Gasteiger charge is -2.08. The second-order valence-corrected chi connectivity index (χ2v) is 4.23. The van der Waals surface area contributed by atoms with E-state index >= 15 is 0 Å². The highest BCUT2D eigenvalue weighted by atomic mass is 35.5. The van der Waals surface area contributed by atoms with Crippen LogP contribution in [0.1, 0.15) is 10.4 Å². The number of rotatable bonds is 3. The Morgan fingerprint density at radius 2 is 2.19 bits per heavy atom. The van der Waals surface area contributed by atoms with E-state index in [1.54, 1.807) is 0 Å². The molecule has 0 aliphatic rings. The van der Waals surface area contributed by atoms with Gasteiger partial charge in [0.05, 0.1) is 16.7 Å². The van der Waals surface area contributed by atoms with E-state index in [0.29, 0.717) is 0 Å². The number of nitro benzene ring substituents is 1. The maximum absolute atomic E-state index is 13.1. The summed E-state index contributed by atoms with van der Waals surface area (Å²) in [5, 5.41) is 22.3. The van der Waals surface area contributed by atoms with Crippen LogP contribution < -0.4 is 5.32 Å². The minimum Gasteiger partial charge on any atom is -0.505 e. The third kappa shape index (κ3) is 3.06. The molecule has 108 valence electrons. The number of aromatic hydroxyl groups is 1. The van der Waals surface area contributed by atoms with Crippen molar-refractivity contribution in [2.75, 3.05) is 5.32 Å². The van der Waals surface area contributed by atoms with Crippen molar-refractivity contribution in [2.24, 2.45) is 0 Å². The molecule has 7 nitrogen and oxygen atoms in total. The fourth-order valence-electron chi connectivity index (χ4n) is 1.57. The molecule has 2 aromatic rings. The predicted molar refractivity (Wildman–Crippen MR) is 71.9 cm³/mol. The molecule has 0 spiro atoms. The van der Waals surface area contributed by atoms with E-state index in [-0.39, 0.29) is 10.7 Å². The van der Waals surface area contributed by atoms with Gasteiger partial charge in [0.15, 0.2) is 5.69 Å². The number of anilines is 1. The van der Waals surface area contributed by atoms with E-state index in [4.69, 9.17) is 11.6 Å². The molecule has 1 aromatic heterocycles. The number of aromatic nitrogens is 1. The number of phenols is 1. The molecule has 1 heterocycles. The molecule has 9 heteroatoms. The number of nitro groups is 1. The van der Waals surface area contributed by atoms with Crippen molar-refractivity contribution >= 4 is 28.9 Å². The molecule has 2 rings (SSSR count). The number of para-hydroxylation sites is 1. The summed E-state index contributed by atoms with van der Waals surface area (Å²) in [6.45, 7) is 0. The second kappa shape index (κ2) is 5.71. The Kier molecular flexibility index (Phi) is 3.99. The maximum atomic E-state index is 13.1. The number of carbonyl (C=O) groups excluding carboxylic acids is 1. The van der Waals surface area contributed by atoms with Gasteiger partial charge in [0.1, 0.15) is 16.7 Å². The Morgan fingerprint density at radius 3 is 2.86 bits per heavy atom. The fourth-order valence-corrected chi connectivity index (χ4v) is 1.76. The van der Waals surface area contributed by atoms with Crippen molar-refractivity contribution in [3.63, 3.8) is 0 Å². The Bertz CT molecular complexity index is 738. The molecule has 1 amide bonds. The normalized spacial score (nSPS) is 10.2. The largest absolute Gasteiger partial charge is 0.505 e. The summed E-state index contributed by atoms with van der Waals surface area (Å²) in [5.74, 6) is -2.23. The van der Waals surface area contributed by atoms with Crippen LogP contribution in [-0.2, 0) is 0 Å². The molecule has 0 saturated heterocycles. The number of carbonyl (C=O) groups is 1. The van der Waals surface area contributed by atoms with E-state index in [1.807, 2.05) is 0 Å². The van der Waals surface area contributed by atoms with E-state index in [1.165, 1.54) is 6.07 Å². The lowest BCUT2D eigenvalue weighted by Crippen LogP contribution is -2.14. The Labute approximate surface area is 122 Å². The summed E-state index contributed by atoms with van der Waals surface area (Å²) in [5.41, 5.74) is -1.23. The highest BCUT2D eigenvalue weighted by Gasteiger charge is 2.21. The first-order valence-corrected chi connectivity index (χ1v) is 5.86. The van der Waals surface area contributed by atoms with E-state index in [9.17, 15) is 24.4 Å². The van der Waals surface area contributed by atoms with E-state index in [0.717, 1.165) is 24.4 Å². The molecular formula is C12H7ClFN3O4. The molecule has 0 unspecified atom stereocenters. The zero-order chi connectivity index (χ0) is 15.6. The van der Waals surface area contributed by atoms with Gasteiger partial charge in [-0.15, -0.1) is 0 Å². The summed E-state index contributed by atoms with van der Waals surface area (Å²) in [6, 6.07) is 4.34. The molecule has 1 aromatic carbocycles. The fraction of sp³-hybridized carbons (Fsp3) is 0. The highest BCUT2D eigenvalue weighted by molar-refractivity contribution is 6.33. The number of benzene rings is 1. The average molecular weight is 312 g/mol. The topological polar surface area (TPSA) is 105 Å². The first-order chi connectivity index (χ1) is 9.90. The molecular weight excluding hydrogens is 305 g/mol. The summed E-state index contributed by atoms with van der Waals surface area (Å²) in [4.78, 5) is 25.5. The summed E-state index contributed by atoms with van der Waals surface area (Å²) < 4.78 is 13.1. The van der Waals surface area contributed by atoms with Crippen LogP contribution in [0.4, 0.5) is 15.8 Å². The molecule has 0 bridgehead atoms. The molecule has 0 saturated carbocycles. The van der Waals surface area contributed by atoms with Crippen LogP contribution in [-0.4, -0.2) is 20.9 Å². The maximum Gasteiger partial charge on any atom is 0.296 e. The van der Waals surface area contributed by atoms with Gasteiger partial charge in [0, 0.05) is 6.07 Å². The van der Waals surface area contributed by atoms with Crippen LogP contribution in [0.15, 0.2) is 30.5 Å². The predicted octanol–water partition coefficient (Wildman–Crippen LogP) is 2.74. The zero-order valence-corrected chi connectivity index (χ0v) is 11.0. The van der Waals surface area contributed by atoms with Crippen LogP contribution in [0.25, 0.3) is 0 Å². The molecule has 2 N–H and O–H groups in total. The lowest BCUT2D eigenvalue weighted by molar-refractivity contribution is -0.384. The minimum absolute atomic E-state index is 0.271. The lowest BCUT2D eigenvalue weighted by atomic mass is 10.2. The van der Waals surface area contributed by atoms with Gasteiger partial charge in [-0.2, -0.15) is 0 Å². The van der Waals surface area contributed by atoms with Crippen molar-refractivity contribution in [1.82, 2.24) is 4.98 Å². The monoisotopic (exact) mass is 311 g/mol. The van der Waals surface area contributed by atoms with Gasteiger partial charge in [-0.3, -0.25) is 14.9 Å². The van der Waals surface area contributed by atoms with Crippen molar-refractivity contribution in [1.29, 1.82) is 0 Å². The van der Waals surface area contributed by atoms with Gasteiger partial charge in [-0.05, 0) is 12.1 Å². The van der Waals surface area contributed by atoms with E-state index < -0.39 is 33.8 Å². The standard InChI is InChI=1S/C12H7ClFN3O4/c13-11-7(4-6(14)5-15-11)12(19)16-10-8(17(20)21)2-1-3-9(10)18/h1-5,18H,(H,16,19). The van der Waals surface area contributed by atoms with Gasteiger partial charge in [0.2, 0.25) is 0 Å². The molecule has 21 heavy (non-hydrogen) atoms. The first-order valence-electron chi connectivity index (χ1n) is 5.49. The molecule has 0 radical (unpaired) electrons. The number of halogens is 2. The van der Waals surface area contributed by atoms with Gasteiger partial charge >= 0.3 is 0 Å². The number of hydrogen-bond donors (Lipinski definition) is 2. The Morgan fingerprint density at radius 1 is 1.48 bits per heavy atom. The van der Waals surface area contributed by atoms with Gasteiger partial charge in [0.25, 0.3) is 11.6 Å². The van der Waals surface area contributed by atoms with Crippen LogP contribution in [0.3, 0.4) is 0 Å². The number of hydrogen-bond acceptors (Lipinski definition) is 5. The van der Waals surface area contributed by atoms with E-state index in [2.05, 4.69) is 10.3 Å². The number of nitrogens with one attached hydrogen (secondary N) is 1. The van der Waals surface area contributed by atoms with Gasteiger partial charge in [-0.25, -0.2) is 9.37 Å². The van der Waals surface area contributed by atoms with Crippen LogP contribution >= 0.6 is 11.6 Å². The molecule has 0 aliphatic heterocycles.